The van der Waals surface area contributed by atoms with Crippen LogP contribution in [0.4, 0.5) is 0 Å². The molecule has 0 unspecified atom stereocenters. The van der Waals surface area contributed by atoms with E-state index in [4.69, 9.17) is 9.16 Å². The Morgan fingerprint density at radius 2 is 1.76 bits per heavy atom. The second-order valence-corrected chi connectivity index (χ2v) is 11.2. The van der Waals surface area contributed by atoms with Crippen LogP contribution in [0, 0.1) is 0 Å². The summed E-state index contributed by atoms with van der Waals surface area (Å²) in [4.78, 5) is 12.2. The lowest BCUT2D eigenvalue weighted by Crippen LogP contribution is -2.41. The van der Waals surface area contributed by atoms with Gasteiger partial charge in [0.05, 0.1) is 6.61 Å². The van der Waals surface area contributed by atoms with Crippen LogP contribution in [-0.2, 0) is 14.0 Å². The van der Waals surface area contributed by atoms with Gasteiger partial charge in [-0.25, -0.2) is 4.79 Å². The fraction of sp³-hybridized carbons (Fsp3) is 0.471. The third-order valence-corrected chi connectivity index (χ3v) is 8.09. The van der Waals surface area contributed by atoms with Crippen LogP contribution < -0.4 is 0 Å². The van der Waals surface area contributed by atoms with E-state index in [1.54, 1.807) is 13.0 Å². The van der Waals surface area contributed by atoms with Gasteiger partial charge < -0.3 is 9.16 Å². The number of carbonyl (C=O) groups excluding carboxylic acids is 1. The normalized spacial score (nSPS) is 13.0. The molecule has 21 heavy (non-hydrogen) atoms. The number of benzene rings is 1. The average molecular weight is 306 g/mol. The molecule has 0 aliphatic rings. The van der Waals surface area contributed by atoms with Gasteiger partial charge in [-0.15, -0.1) is 0 Å². The number of rotatable bonds is 5. The van der Waals surface area contributed by atoms with Crippen molar-refractivity contribution >= 4 is 20.4 Å². The number of hydrogen-bond acceptors (Lipinski definition) is 3. The zero-order valence-electron chi connectivity index (χ0n) is 13.9. The van der Waals surface area contributed by atoms with Crippen molar-refractivity contribution in [3.05, 3.63) is 41.7 Å². The van der Waals surface area contributed by atoms with Crippen molar-refractivity contribution in [3.8, 4) is 0 Å². The van der Waals surface area contributed by atoms with Gasteiger partial charge in [-0.05, 0) is 36.7 Å². The average Bonchev–Trinajstić information content (AvgIpc) is 2.38. The molecule has 1 aromatic carbocycles. The zero-order chi connectivity index (χ0) is 16.1. The summed E-state index contributed by atoms with van der Waals surface area (Å²) in [6, 6.07) is 9.68. The van der Waals surface area contributed by atoms with Crippen molar-refractivity contribution in [2.75, 3.05) is 6.61 Å². The van der Waals surface area contributed by atoms with Crippen LogP contribution >= 0.6 is 0 Å². The summed E-state index contributed by atoms with van der Waals surface area (Å²) in [6.45, 7) is 12.8. The first kappa shape index (κ1) is 17.5. The third-order valence-electron chi connectivity index (χ3n) is 3.75. The smallest absolute Gasteiger partial charge is 0.372 e. The molecular formula is C17H26O3Si. The summed E-state index contributed by atoms with van der Waals surface area (Å²) in [5, 5.41) is 0.0231. The minimum Gasteiger partial charge on any atom is -0.539 e. The predicted molar refractivity (Wildman–Crippen MR) is 89.3 cm³/mol. The maximum Gasteiger partial charge on any atom is 0.372 e. The number of carbonyl (C=O) groups is 1. The van der Waals surface area contributed by atoms with E-state index in [0.29, 0.717) is 12.4 Å². The Kier molecular flexibility index (Phi) is 5.78. The van der Waals surface area contributed by atoms with Gasteiger partial charge in [-0.1, -0.05) is 51.1 Å². The van der Waals surface area contributed by atoms with Gasteiger partial charge in [0.15, 0.2) is 5.76 Å². The van der Waals surface area contributed by atoms with E-state index in [0.717, 1.165) is 5.56 Å². The van der Waals surface area contributed by atoms with Crippen LogP contribution in [0.5, 0.6) is 0 Å². The Morgan fingerprint density at radius 1 is 1.19 bits per heavy atom. The second kappa shape index (κ2) is 6.94. The van der Waals surface area contributed by atoms with Gasteiger partial charge >= 0.3 is 5.97 Å². The predicted octanol–water partition coefficient (Wildman–Crippen LogP) is 4.61. The largest absolute Gasteiger partial charge is 0.539 e. The minimum atomic E-state index is -2.08. The summed E-state index contributed by atoms with van der Waals surface area (Å²) in [5.41, 5.74) is 0.930. The van der Waals surface area contributed by atoms with Crippen molar-refractivity contribution in [3.63, 3.8) is 0 Å². The van der Waals surface area contributed by atoms with Gasteiger partial charge in [0.2, 0.25) is 0 Å². The monoisotopic (exact) mass is 306 g/mol. The van der Waals surface area contributed by atoms with Crippen LogP contribution in [0.15, 0.2) is 36.1 Å². The summed E-state index contributed by atoms with van der Waals surface area (Å²) in [5.74, 6) is -0.0965. The van der Waals surface area contributed by atoms with Crippen molar-refractivity contribution in [2.45, 2.75) is 45.8 Å². The standard InChI is InChI=1S/C17H26O3Si/c1-7-19-16(18)15(13-14-11-9-8-10-12-14)20-21(5,6)17(2,3)4/h8-13H,7H2,1-6H3/b15-13+. The third kappa shape index (κ3) is 5.05. The highest BCUT2D eigenvalue weighted by molar-refractivity contribution is 6.74. The van der Waals surface area contributed by atoms with Gasteiger partial charge in [-0.2, -0.15) is 0 Å². The summed E-state index contributed by atoms with van der Waals surface area (Å²) in [6.07, 6.45) is 1.76. The highest BCUT2D eigenvalue weighted by atomic mass is 28.4. The zero-order valence-corrected chi connectivity index (χ0v) is 14.9. The van der Waals surface area contributed by atoms with Crippen LogP contribution in [0.2, 0.25) is 18.1 Å². The SMILES string of the molecule is CCOC(=O)/C(=C\c1ccccc1)O[Si](C)(C)C(C)(C)C. The molecule has 0 amide bonds. The van der Waals surface area contributed by atoms with E-state index < -0.39 is 14.3 Å². The maximum atomic E-state index is 12.2. The van der Waals surface area contributed by atoms with E-state index in [1.165, 1.54) is 0 Å². The number of ether oxygens (including phenoxy) is 1. The molecule has 4 heteroatoms. The van der Waals surface area contributed by atoms with Crippen molar-refractivity contribution in [1.82, 2.24) is 0 Å². The minimum absolute atomic E-state index is 0.0231. The lowest BCUT2D eigenvalue weighted by atomic mass is 10.2. The molecule has 0 heterocycles. The molecular weight excluding hydrogens is 280 g/mol. The molecule has 0 aliphatic heterocycles. The molecule has 0 saturated carbocycles. The van der Waals surface area contributed by atoms with Gasteiger partial charge in [-0.3, -0.25) is 0 Å². The molecule has 0 fully saturated rings. The highest BCUT2D eigenvalue weighted by Crippen LogP contribution is 2.38. The van der Waals surface area contributed by atoms with Crippen molar-refractivity contribution in [2.24, 2.45) is 0 Å². The lowest BCUT2D eigenvalue weighted by molar-refractivity contribution is -0.141. The molecule has 0 spiro atoms. The van der Waals surface area contributed by atoms with Crippen LogP contribution in [0.25, 0.3) is 6.08 Å². The van der Waals surface area contributed by atoms with Crippen LogP contribution in [0.3, 0.4) is 0 Å². The second-order valence-electron chi connectivity index (χ2n) is 6.50. The first-order valence-corrected chi connectivity index (χ1v) is 10.2. The molecule has 0 N–H and O–H groups in total. The Balaban J connectivity index is 3.10. The molecule has 0 atom stereocenters. The van der Waals surface area contributed by atoms with Crippen LogP contribution in [-0.4, -0.2) is 20.9 Å². The molecule has 0 saturated heterocycles. The molecule has 116 valence electrons. The molecule has 0 bridgehead atoms. The fourth-order valence-corrected chi connectivity index (χ4v) is 2.46. The van der Waals surface area contributed by atoms with E-state index in [1.807, 2.05) is 30.3 Å². The first-order valence-electron chi connectivity index (χ1n) is 7.30. The van der Waals surface area contributed by atoms with Gasteiger partial charge in [0.25, 0.3) is 8.32 Å². The fourth-order valence-electron chi connectivity index (χ4n) is 1.46. The highest BCUT2D eigenvalue weighted by Gasteiger charge is 2.40. The van der Waals surface area contributed by atoms with E-state index in [-0.39, 0.29) is 5.04 Å². The Bertz CT molecular complexity index is 499. The Hall–Kier alpha value is -1.55. The molecule has 1 rings (SSSR count). The van der Waals surface area contributed by atoms with E-state index in [9.17, 15) is 4.79 Å². The van der Waals surface area contributed by atoms with Crippen molar-refractivity contribution in [1.29, 1.82) is 0 Å². The summed E-state index contributed by atoms with van der Waals surface area (Å²) >= 11 is 0. The molecule has 0 radical (unpaired) electrons. The number of esters is 1. The quantitative estimate of drug-likeness (QED) is 0.345. The van der Waals surface area contributed by atoms with Crippen LogP contribution in [0.1, 0.15) is 33.3 Å². The molecule has 1 aromatic rings. The Labute approximate surface area is 129 Å². The first-order chi connectivity index (χ1) is 9.67. The molecule has 0 aliphatic carbocycles. The summed E-state index contributed by atoms with van der Waals surface area (Å²) in [7, 11) is -2.08. The summed E-state index contributed by atoms with van der Waals surface area (Å²) < 4.78 is 11.3. The lowest BCUT2D eigenvalue weighted by Gasteiger charge is -2.36. The Morgan fingerprint density at radius 3 is 2.24 bits per heavy atom. The molecule has 3 nitrogen and oxygen atoms in total. The van der Waals surface area contributed by atoms with Gasteiger partial charge in [0.1, 0.15) is 0 Å². The van der Waals surface area contributed by atoms with E-state index in [2.05, 4.69) is 33.9 Å². The maximum absolute atomic E-state index is 12.2. The van der Waals surface area contributed by atoms with Gasteiger partial charge in [0, 0.05) is 0 Å². The topological polar surface area (TPSA) is 35.5 Å². The van der Waals surface area contributed by atoms with E-state index >= 15 is 0 Å². The number of hydrogen-bond donors (Lipinski definition) is 0. The van der Waals surface area contributed by atoms with Crippen molar-refractivity contribution < 1.29 is 14.0 Å². The molecule has 0 aromatic heterocycles.